The number of hydrogen-bond donors (Lipinski definition) is 1. The fraction of sp³-hybridized carbons (Fsp3) is 0.643. The van der Waals surface area contributed by atoms with E-state index in [9.17, 15) is 0 Å². The van der Waals surface area contributed by atoms with E-state index in [1.807, 2.05) is 13.0 Å². The molecular formula is C14H23N3. The second-order valence-corrected chi connectivity index (χ2v) is 4.86. The summed E-state index contributed by atoms with van der Waals surface area (Å²) in [4.78, 5) is 7.03. The molecule has 0 atom stereocenters. The highest BCUT2D eigenvalue weighted by Crippen LogP contribution is 2.10. The number of aryl methyl sites for hydroxylation is 1. The van der Waals surface area contributed by atoms with Crippen molar-refractivity contribution in [3.8, 4) is 0 Å². The van der Waals surface area contributed by atoms with Crippen LogP contribution in [0.15, 0.2) is 18.2 Å². The number of hydrogen-bond acceptors (Lipinski definition) is 3. The van der Waals surface area contributed by atoms with Crippen LogP contribution in [0, 0.1) is 6.92 Å². The van der Waals surface area contributed by atoms with Crippen LogP contribution in [0.2, 0.25) is 0 Å². The summed E-state index contributed by atoms with van der Waals surface area (Å²) < 4.78 is 0. The van der Waals surface area contributed by atoms with Crippen LogP contribution < -0.4 is 5.32 Å². The third-order valence-corrected chi connectivity index (χ3v) is 3.55. The summed E-state index contributed by atoms with van der Waals surface area (Å²) >= 11 is 0. The van der Waals surface area contributed by atoms with Gasteiger partial charge in [-0.1, -0.05) is 13.0 Å². The van der Waals surface area contributed by atoms with Gasteiger partial charge in [0.05, 0.1) is 5.69 Å². The molecule has 1 aromatic rings. The van der Waals surface area contributed by atoms with Crippen molar-refractivity contribution in [2.75, 3.05) is 19.6 Å². The first-order valence-corrected chi connectivity index (χ1v) is 6.66. The maximum Gasteiger partial charge on any atom is 0.0544 e. The Bertz CT molecular complexity index is 343. The zero-order chi connectivity index (χ0) is 12.1. The van der Waals surface area contributed by atoms with Gasteiger partial charge in [-0.2, -0.15) is 0 Å². The van der Waals surface area contributed by atoms with Crippen LogP contribution in [0.25, 0.3) is 0 Å². The fourth-order valence-electron chi connectivity index (χ4n) is 2.40. The molecule has 17 heavy (non-hydrogen) atoms. The summed E-state index contributed by atoms with van der Waals surface area (Å²) in [6.07, 6.45) is 2.53. The third kappa shape index (κ3) is 3.79. The topological polar surface area (TPSA) is 28.2 Å². The lowest BCUT2D eigenvalue weighted by Crippen LogP contribution is -2.42. The van der Waals surface area contributed by atoms with Crippen LogP contribution in [0.1, 0.15) is 31.2 Å². The summed E-state index contributed by atoms with van der Waals surface area (Å²) in [7, 11) is 0. The van der Waals surface area contributed by atoms with Crippen molar-refractivity contribution in [3.63, 3.8) is 0 Å². The number of piperidine rings is 1. The Kier molecular flexibility index (Phi) is 4.51. The van der Waals surface area contributed by atoms with E-state index in [0.29, 0.717) is 6.04 Å². The van der Waals surface area contributed by atoms with Crippen LogP contribution in [0.4, 0.5) is 0 Å². The molecule has 1 aromatic heterocycles. The van der Waals surface area contributed by atoms with Crippen molar-refractivity contribution in [1.82, 2.24) is 15.2 Å². The largest absolute Gasteiger partial charge is 0.308 e. The molecular weight excluding hydrogens is 210 g/mol. The monoisotopic (exact) mass is 233 g/mol. The molecule has 1 saturated heterocycles. The number of rotatable bonds is 4. The first kappa shape index (κ1) is 12.5. The number of likely N-dealkylation sites (tertiary alicyclic amines) is 1. The number of nitrogens with one attached hydrogen (secondary N) is 1. The number of pyridine rings is 1. The second-order valence-electron chi connectivity index (χ2n) is 4.86. The fourth-order valence-corrected chi connectivity index (χ4v) is 2.40. The van der Waals surface area contributed by atoms with Crippen LogP contribution in [0.3, 0.4) is 0 Å². The minimum atomic E-state index is 0.667. The maximum absolute atomic E-state index is 4.52. The van der Waals surface area contributed by atoms with Crippen LogP contribution >= 0.6 is 0 Å². The Labute approximate surface area is 104 Å². The van der Waals surface area contributed by atoms with Crippen molar-refractivity contribution < 1.29 is 0 Å². The van der Waals surface area contributed by atoms with E-state index in [0.717, 1.165) is 17.9 Å². The minimum Gasteiger partial charge on any atom is -0.308 e. The molecule has 1 aliphatic heterocycles. The van der Waals surface area contributed by atoms with E-state index in [1.54, 1.807) is 0 Å². The zero-order valence-electron chi connectivity index (χ0n) is 10.9. The SMILES string of the molecule is CCN1CCC(NCc2cccc(C)n2)CC1. The average molecular weight is 233 g/mol. The average Bonchev–Trinajstić information content (AvgIpc) is 2.37. The number of nitrogens with zero attached hydrogens (tertiary/aromatic N) is 2. The van der Waals surface area contributed by atoms with Gasteiger partial charge in [0.15, 0.2) is 0 Å². The van der Waals surface area contributed by atoms with E-state index in [2.05, 4.69) is 34.3 Å². The summed E-state index contributed by atoms with van der Waals surface area (Å²) in [5, 5.41) is 3.62. The normalized spacial score (nSPS) is 18.5. The van der Waals surface area contributed by atoms with Gasteiger partial charge in [-0.25, -0.2) is 0 Å². The number of aromatic nitrogens is 1. The highest BCUT2D eigenvalue weighted by molar-refractivity contribution is 5.09. The molecule has 0 aromatic carbocycles. The van der Waals surface area contributed by atoms with Crippen LogP contribution in [-0.4, -0.2) is 35.6 Å². The standard InChI is InChI=1S/C14H23N3/c1-3-17-9-7-13(8-10-17)15-11-14-6-4-5-12(2)16-14/h4-6,13,15H,3,7-11H2,1-2H3. The van der Waals surface area contributed by atoms with Gasteiger partial charge >= 0.3 is 0 Å². The van der Waals surface area contributed by atoms with Gasteiger partial charge in [-0.15, -0.1) is 0 Å². The first-order valence-electron chi connectivity index (χ1n) is 6.66. The molecule has 0 spiro atoms. The molecule has 2 rings (SSSR count). The second kappa shape index (κ2) is 6.12. The molecule has 1 aliphatic rings. The first-order chi connectivity index (χ1) is 8.28. The summed E-state index contributed by atoms with van der Waals surface area (Å²) in [6, 6.07) is 6.89. The molecule has 94 valence electrons. The van der Waals surface area contributed by atoms with Gasteiger partial charge in [0, 0.05) is 18.3 Å². The van der Waals surface area contributed by atoms with Crippen molar-refractivity contribution in [2.24, 2.45) is 0 Å². The molecule has 2 heterocycles. The predicted molar refractivity (Wildman–Crippen MR) is 70.9 cm³/mol. The highest BCUT2D eigenvalue weighted by atomic mass is 15.1. The van der Waals surface area contributed by atoms with Gasteiger partial charge in [-0.3, -0.25) is 4.98 Å². The van der Waals surface area contributed by atoms with E-state index in [4.69, 9.17) is 0 Å². The molecule has 0 radical (unpaired) electrons. The highest BCUT2D eigenvalue weighted by Gasteiger charge is 2.17. The van der Waals surface area contributed by atoms with Gasteiger partial charge < -0.3 is 10.2 Å². The Morgan fingerprint density at radius 1 is 1.35 bits per heavy atom. The van der Waals surface area contributed by atoms with E-state index < -0.39 is 0 Å². The quantitative estimate of drug-likeness (QED) is 0.861. The summed E-state index contributed by atoms with van der Waals surface area (Å²) in [6.45, 7) is 8.84. The van der Waals surface area contributed by atoms with Gasteiger partial charge in [0.1, 0.15) is 0 Å². The predicted octanol–water partition coefficient (Wildman–Crippen LogP) is 1.96. The summed E-state index contributed by atoms with van der Waals surface area (Å²) in [5.41, 5.74) is 2.26. The van der Waals surface area contributed by atoms with E-state index in [-0.39, 0.29) is 0 Å². The van der Waals surface area contributed by atoms with E-state index in [1.165, 1.54) is 32.5 Å². The lowest BCUT2D eigenvalue weighted by molar-refractivity contribution is 0.205. The van der Waals surface area contributed by atoms with Gasteiger partial charge in [0.2, 0.25) is 0 Å². The molecule has 0 amide bonds. The van der Waals surface area contributed by atoms with E-state index >= 15 is 0 Å². The van der Waals surface area contributed by atoms with Crippen molar-refractivity contribution >= 4 is 0 Å². The third-order valence-electron chi connectivity index (χ3n) is 3.55. The molecule has 0 unspecified atom stereocenters. The lowest BCUT2D eigenvalue weighted by Gasteiger charge is -2.31. The zero-order valence-corrected chi connectivity index (χ0v) is 10.9. The lowest BCUT2D eigenvalue weighted by atomic mass is 10.1. The Hall–Kier alpha value is -0.930. The van der Waals surface area contributed by atoms with Gasteiger partial charge in [-0.05, 0) is 51.5 Å². The Balaban J connectivity index is 1.76. The molecule has 0 bridgehead atoms. The molecule has 1 fully saturated rings. The van der Waals surface area contributed by atoms with Gasteiger partial charge in [0.25, 0.3) is 0 Å². The molecule has 3 nitrogen and oxygen atoms in total. The van der Waals surface area contributed by atoms with Crippen molar-refractivity contribution in [3.05, 3.63) is 29.6 Å². The van der Waals surface area contributed by atoms with Crippen molar-refractivity contribution in [2.45, 2.75) is 39.3 Å². The smallest absolute Gasteiger partial charge is 0.0544 e. The maximum atomic E-state index is 4.52. The Morgan fingerprint density at radius 3 is 2.76 bits per heavy atom. The molecule has 0 aliphatic carbocycles. The Morgan fingerprint density at radius 2 is 2.12 bits per heavy atom. The molecule has 0 saturated carbocycles. The molecule has 3 heteroatoms. The summed E-state index contributed by atoms with van der Waals surface area (Å²) in [5.74, 6) is 0. The molecule has 1 N–H and O–H groups in total. The van der Waals surface area contributed by atoms with Crippen LogP contribution in [0.5, 0.6) is 0 Å². The van der Waals surface area contributed by atoms with Crippen LogP contribution in [-0.2, 0) is 6.54 Å². The van der Waals surface area contributed by atoms with Crippen molar-refractivity contribution in [1.29, 1.82) is 0 Å². The minimum absolute atomic E-state index is 0.667.